The number of aryl methyl sites for hydroxylation is 2. The molecule has 1 heterocycles. The number of amides is 1. The molecule has 7 nitrogen and oxygen atoms in total. The molecule has 0 saturated carbocycles. The van der Waals surface area contributed by atoms with Crippen LogP contribution in [0.2, 0.25) is 0 Å². The van der Waals surface area contributed by atoms with Crippen molar-refractivity contribution in [2.45, 2.75) is 25.7 Å². The minimum atomic E-state index is -3.82. The van der Waals surface area contributed by atoms with Crippen molar-refractivity contribution in [2.75, 3.05) is 25.5 Å². The highest BCUT2D eigenvalue weighted by Gasteiger charge is 2.24. The Bertz CT molecular complexity index is 1190. The minimum absolute atomic E-state index is 0.115. The molecule has 0 saturated heterocycles. The molecule has 0 aliphatic heterocycles. The first kappa shape index (κ1) is 22.9. The monoisotopic (exact) mass is 459 g/mol. The van der Waals surface area contributed by atoms with Gasteiger partial charge in [-0.1, -0.05) is 12.1 Å². The van der Waals surface area contributed by atoms with Gasteiger partial charge in [-0.3, -0.25) is 4.79 Å². The summed E-state index contributed by atoms with van der Waals surface area (Å²) < 4.78 is 32.3. The average Bonchev–Trinajstić information content (AvgIpc) is 3.16. The van der Waals surface area contributed by atoms with Crippen LogP contribution in [-0.2, 0) is 14.8 Å². The molecule has 0 fully saturated rings. The molecule has 9 heteroatoms. The van der Waals surface area contributed by atoms with Crippen molar-refractivity contribution in [3.05, 3.63) is 58.4 Å². The molecule has 31 heavy (non-hydrogen) atoms. The largest absolute Gasteiger partial charge is 0.494 e. The second kappa shape index (κ2) is 9.59. The highest BCUT2D eigenvalue weighted by Crippen LogP contribution is 2.25. The molecule has 164 valence electrons. The van der Waals surface area contributed by atoms with Crippen molar-refractivity contribution < 1.29 is 17.9 Å². The predicted octanol–water partition coefficient (Wildman–Crippen LogP) is 4.08. The van der Waals surface area contributed by atoms with Gasteiger partial charge in [0.05, 0.1) is 28.7 Å². The fraction of sp³-hybridized carbons (Fsp3) is 0.273. The molecule has 3 aromatic rings. The summed E-state index contributed by atoms with van der Waals surface area (Å²) in [6.07, 6.45) is 0. The van der Waals surface area contributed by atoms with E-state index in [0.29, 0.717) is 18.0 Å². The van der Waals surface area contributed by atoms with Gasteiger partial charge in [0.25, 0.3) is 0 Å². The van der Waals surface area contributed by atoms with Crippen molar-refractivity contribution in [1.82, 2.24) is 9.29 Å². The minimum Gasteiger partial charge on any atom is -0.494 e. The van der Waals surface area contributed by atoms with Crippen LogP contribution in [0.25, 0.3) is 11.3 Å². The molecular weight excluding hydrogens is 434 g/mol. The van der Waals surface area contributed by atoms with Crippen LogP contribution in [0.4, 0.5) is 5.69 Å². The van der Waals surface area contributed by atoms with E-state index in [4.69, 9.17) is 4.74 Å². The number of anilines is 1. The Hall–Kier alpha value is -2.75. The van der Waals surface area contributed by atoms with Crippen molar-refractivity contribution in [2.24, 2.45) is 0 Å². The van der Waals surface area contributed by atoms with E-state index in [-0.39, 0.29) is 11.4 Å². The zero-order valence-electron chi connectivity index (χ0n) is 17.9. The summed E-state index contributed by atoms with van der Waals surface area (Å²) in [5.74, 6) is 0.206. The van der Waals surface area contributed by atoms with Gasteiger partial charge in [-0.2, -0.15) is 4.31 Å². The van der Waals surface area contributed by atoms with E-state index in [9.17, 15) is 13.2 Å². The third kappa shape index (κ3) is 5.49. The molecule has 1 amide bonds. The van der Waals surface area contributed by atoms with Crippen molar-refractivity contribution in [3.63, 3.8) is 0 Å². The highest BCUT2D eigenvalue weighted by molar-refractivity contribution is 7.89. The maximum absolute atomic E-state index is 12.9. The molecule has 0 aliphatic rings. The third-order valence-corrected chi connectivity index (χ3v) is 7.15. The van der Waals surface area contributed by atoms with Crippen LogP contribution in [0, 0.1) is 13.8 Å². The second-order valence-electron chi connectivity index (χ2n) is 7.00. The maximum atomic E-state index is 12.9. The Morgan fingerprint density at radius 2 is 1.97 bits per heavy atom. The molecule has 0 unspecified atom stereocenters. The van der Waals surface area contributed by atoms with Gasteiger partial charge in [0.2, 0.25) is 15.9 Å². The maximum Gasteiger partial charge on any atom is 0.243 e. The first-order valence-electron chi connectivity index (χ1n) is 9.73. The van der Waals surface area contributed by atoms with E-state index in [1.807, 2.05) is 37.4 Å². The van der Waals surface area contributed by atoms with Gasteiger partial charge in [0.15, 0.2) is 0 Å². The molecular formula is C22H25N3O4S2. The van der Waals surface area contributed by atoms with Crippen molar-refractivity contribution in [1.29, 1.82) is 0 Å². The summed E-state index contributed by atoms with van der Waals surface area (Å²) in [4.78, 5) is 17.1. The number of hydrogen-bond donors (Lipinski definition) is 1. The summed E-state index contributed by atoms with van der Waals surface area (Å²) in [7, 11) is -2.44. The van der Waals surface area contributed by atoms with E-state index in [0.717, 1.165) is 26.1 Å². The smallest absolute Gasteiger partial charge is 0.243 e. The number of carbonyl (C=O) groups is 1. The molecule has 0 aliphatic carbocycles. The van der Waals surface area contributed by atoms with Crippen LogP contribution in [0.1, 0.15) is 17.5 Å². The number of thiazole rings is 1. The van der Waals surface area contributed by atoms with Gasteiger partial charge in [0.1, 0.15) is 5.75 Å². The van der Waals surface area contributed by atoms with Crippen LogP contribution in [-0.4, -0.2) is 43.8 Å². The van der Waals surface area contributed by atoms with Gasteiger partial charge in [-0.25, -0.2) is 13.4 Å². The lowest BCUT2D eigenvalue weighted by Gasteiger charge is -2.18. The van der Waals surface area contributed by atoms with Gasteiger partial charge in [-0.15, -0.1) is 11.3 Å². The fourth-order valence-corrected chi connectivity index (χ4v) is 4.85. The Morgan fingerprint density at radius 1 is 1.19 bits per heavy atom. The standard InChI is InChI=1S/C22H25N3O4S2/c1-5-29-21-10-9-19(11-15(21)2)31(27,28)25(4)13-22(26)24-18-8-6-7-17(12-18)20-14-30-16(3)23-20/h6-12,14H,5,13H2,1-4H3,(H,24,26). The Labute approximate surface area is 186 Å². The van der Waals surface area contributed by atoms with Crippen LogP contribution < -0.4 is 10.1 Å². The number of ether oxygens (including phenoxy) is 1. The van der Waals surface area contributed by atoms with E-state index in [1.54, 1.807) is 36.5 Å². The third-order valence-electron chi connectivity index (χ3n) is 4.58. The van der Waals surface area contributed by atoms with Crippen LogP contribution in [0.5, 0.6) is 5.75 Å². The van der Waals surface area contributed by atoms with Gasteiger partial charge in [-0.05, 0) is 56.7 Å². The summed E-state index contributed by atoms with van der Waals surface area (Å²) >= 11 is 1.55. The SMILES string of the molecule is CCOc1ccc(S(=O)(=O)N(C)CC(=O)Nc2cccc(-c3csc(C)n3)c2)cc1C. The van der Waals surface area contributed by atoms with Crippen LogP contribution >= 0.6 is 11.3 Å². The van der Waals surface area contributed by atoms with E-state index in [1.165, 1.54) is 13.1 Å². The number of sulfonamides is 1. The zero-order chi connectivity index (χ0) is 22.6. The predicted molar refractivity (Wildman–Crippen MR) is 123 cm³/mol. The Balaban J connectivity index is 1.69. The normalized spacial score (nSPS) is 11.5. The number of nitrogens with one attached hydrogen (secondary N) is 1. The van der Waals surface area contributed by atoms with Gasteiger partial charge < -0.3 is 10.1 Å². The number of carbonyl (C=O) groups excluding carboxylic acids is 1. The molecule has 0 atom stereocenters. The molecule has 3 rings (SSSR count). The van der Waals surface area contributed by atoms with Gasteiger partial charge in [0, 0.05) is 23.7 Å². The van der Waals surface area contributed by atoms with Crippen molar-refractivity contribution in [3.8, 4) is 17.0 Å². The number of hydrogen-bond acceptors (Lipinski definition) is 6. The molecule has 0 radical (unpaired) electrons. The zero-order valence-corrected chi connectivity index (χ0v) is 19.5. The first-order valence-corrected chi connectivity index (χ1v) is 12.0. The summed E-state index contributed by atoms with van der Waals surface area (Å²) in [5, 5.41) is 5.67. The summed E-state index contributed by atoms with van der Waals surface area (Å²) in [5.41, 5.74) is 3.02. The lowest BCUT2D eigenvalue weighted by atomic mass is 10.1. The number of rotatable bonds is 8. The highest BCUT2D eigenvalue weighted by atomic mass is 32.2. The van der Waals surface area contributed by atoms with E-state index in [2.05, 4.69) is 10.3 Å². The second-order valence-corrected chi connectivity index (χ2v) is 10.1. The summed E-state index contributed by atoms with van der Waals surface area (Å²) in [6, 6.07) is 12.0. The molecule has 1 N–H and O–H groups in total. The van der Waals surface area contributed by atoms with Crippen molar-refractivity contribution >= 4 is 33.0 Å². The molecule has 1 aromatic heterocycles. The van der Waals surface area contributed by atoms with E-state index >= 15 is 0 Å². The number of aromatic nitrogens is 1. The topological polar surface area (TPSA) is 88.6 Å². The van der Waals surface area contributed by atoms with E-state index < -0.39 is 15.9 Å². The number of nitrogens with zero attached hydrogens (tertiary/aromatic N) is 2. The van der Waals surface area contributed by atoms with Gasteiger partial charge >= 0.3 is 0 Å². The Morgan fingerprint density at radius 3 is 2.61 bits per heavy atom. The first-order chi connectivity index (χ1) is 14.7. The molecule has 0 bridgehead atoms. The molecule has 0 spiro atoms. The summed E-state index contributed by atoms with van der Waals surface area (Å²) in [6.45, 7) is 5.77. The van der Waals surface area contributed by atoms with Crippen LogP contribution in [0.15, 0.2) is 52.7 Å². The number of likely N-dealkylation sites (N-methyl/N-ethyl adjacent to an activating group) is 1. The quantitative estimate of drug-likeness (QED) is 0.548. The fourth-order valence-electron chi connectivity index (χ4n) is 3.02. The lowest BCUT2D eigenvalue weighted by Crippen LogP contribution is -2.35. The lowest BCUT2D eigenvalue weighted by molar-refractivity contribution is -0.116. The van der Waals surface area contributed by atoms with Crippen LogP contribution in [0.3, 0.4) is 0 Å². The number of benzene rings is 2. The average molecular weight is 460 g/mol. The Kier molecular flexibility index (Phi) is 7.09. The molecule has 2 aromatic carbocycles.